The molecule has 0 spiro atoms. The van der Waals surface area contributed by atoms with Gasteiger partial charge in [0.05, 0.1) is 0 Å². The molecule has 6 heteroatoms. The zero-order valence-electron chi connectivity index (χ0n) is 43.3. The van der Waals surface area contributed by atoms with E-state index in [4.69, 9.17) is 14.2 Å². The second kappa shape index (κ2) is 54.9. The Hall–Kier alpha value is -4.71. The summed E-state index contributed by atoms with van der Waals surface area (Å²) in [6.45, 7) is 6.26. The summed E-state index contributed by atoms with van der Waals surface area (Å²) in [6, 6.07) is 0. The van der Waals surface area contributed by atoms with Crippen LogP contribution < -0.4 is 0 Å². The molecule has 0 aliphatic rings. The van der Waals surface area contributed by atoms with Crippen molar-refractivity contribution in [3.63, 3.8) is 0 Å². The average Bonchev–Trinajstić information content (AvgIpc) is 3.34. The highest BCUT2D eigenvalue weighted by molar-refractivity contribution is 5.71. The van der Waals surface area contributed by atoms with Crippen LogP contribution in [0.15, 0.2) is 146 Å². The van der Waals surface area contributed by atoms with Crippen molar-refractivity contribution in [1.82, 2.24) is 0 Å². The van der Waals surface area contributed by atoms with Crippen LogP contribution in [-0.2, 0) is 28.6 Å². The monoisotopic (exact) mass is 937 g/mol. The van der Waals surface area contributed by atoms with Crippen LogP contribution >= 0.6 is 0 Å². The molecule has 0 aliphatic heterocycles. The summed E-state index contributed by atoms with van der Waals surface area (Å²) >= 11 is 0. The van der Waals surface area contributed by atoms with Gasteiger partial charge in [0.15, 0.2) is 6.10 Å². The van der Waals surface area contributed by atoms with Gasteiger partial charge in [0.2, 0.25) is 0 Å². The minimum atomic E-state index is -0.834. The first-order chi connectivity index (χ1) is 33.5. The molecule has 0 bridgehead atoms. The summed E-state index contributed by atoms with van der Waals surface area (Å²) in [5, 5.41) is 0. The van der Waals surface area contributed by atoms with Gasteiger partial charge in [0, 0.05) is 19.3 Å². The van der Waals surface area contributed by atoms with Gasteiger partial charge in [0.1, 0.15) is 13.2 Å². The second-order valence-electron chi connectivity index (χ2n) is 17.0. The Balaban J connectivity index is 4.59. The van der Waals surface area contributed by atoms with Crippen molar-refractivity contribution in [2.45, 2.75) is 213 Å². The second-order valence-corrected chi connectivity index (χ2v) is 17.0. The molecule has 0 amide bonds. The normalized spacial score (nSPS) is 13.3. The lowest BCUT2D eigenvalue weighted by molar-refractivity contribution is -0.167. The van der Waals surface area contributed by atoms with Crippen LogP contribution in [0.4, 0.5) is 0 Å². The molecule has 0 aliphatic carbocycles. The number of carbonyl (C=O) groups excluding carboxylic acids is 3. The Labute approximate surface area is 417 Å². The molecule has 0 heterocycles. The molecule has 0 fully saturated rings. The van der Waals surface area contributed by atoms with E-state index in [1.807, 2.05) is 0 Å². The van der Waals surface area contributed by atoms with Crippen LogP contribution in [0.1, 0.15) is 207 Å². The maximum Gasteiger partial charge on any atom is 0.306 e. The molecule has 0 saturated carbocycles. The van der Waals surface area contributed by atoms with Crippen molar-refractivity contribution in [2.24, 2.45) is 0 Å². The first-order valence-corrected chi connectivity index (χ1v) is 26.8. The molecule has 0 aromatic rings. The number of rotatable bonds is 46. The predicted molar refractivity (Wildman–Crippen MR) is 292 cm³/mol. The number of unbranched alkanes of at least 4 members (excludes halogenated alkanes) is 11. The van der Waals surface area contributed by atoms with Gasteiger partial charge in [-0.1, -0.05) is 205 Å². The molecule has 6 nitrogen and oxygen atoms in total. The van der Waals surface area contributed by atoms with Crippen molar-refractivity contribution >= 4 is 17.9 Å². The number of esters is 3. The average molecular weight is 937 g/mol. The molecule has 380 valence electrons. The van der Waals surface area contributed by atoms with Crippen LogP contribution in [0.5, 0.6) is 0 Å². The topological polar surface area (TPSA) is 78.9 Å². The number of ether oxygens (including phenoxy) is 3. The standard InChI is InChI=1S/C62H96O6/c1-4-7-10-13-16-19-22-25-28-30-31-33-34-37-40-43-46-49-52-55-61(64)67-58-59(57-66-60(63)54-51-48-45-42-39-36-27-24-21-18-15-12-9-6-3)68-62(65)56-53-50-47-44-41-38-35-32-29-26-23-20-17-14-11-8-5-2/h7-8,10-11,15-20,24-29,31,33,35,37-38,40,44,47,59H,4-6,9,12-14,21-23,30,32,34,36,39,41-43,45-46,48-58H2,1-3H3/b10-7-,11-8-,18-15-,19-16-,20-17-,27-24-,28-25-,29-26-,33-31-,38-35-,40-37-,47-44-. The fourth-order valence-electron chi connectivity index (χ4n) is 6.58. The molecule has 0 aromatic carbocycles. The van der Waals surface area contributed by atoms with Crippen LogP contribution in [0.3, 0.4) is 0 Å². The fraction of sp³-hybridized carbons (Fsp3) is 0.565. The van der Waals surface area contributed by atoms with Gasteiger partial charge in [-0.2, -0.15) is 0 Å². The van der Waals surface area contributed by atoms with E-state index in [0.29, 0.717) is 19.3 Å². The summed E-state index contributed by atoms with van der Waals surface area (Å²) in [5.74, 6) is -1.04. The quantitative estimate of drug-likeness (QED) is 0.0262. The SMILES string of the molecule is CC/C=C\C/C=C\C/C=C\C/C=C\C/C=C\CCCCCC(=O)OCC(COC(=O)CCCCCCC/C=C\C/C=C\CCCC)OC(=O)CCC/C=C\C/C=C\C/C=C\C/C=C\C/C=C\CC. The molecule has 0 rings (SSSR count). The van der Waals surface area contributed by atoms with Gasteiger partial charge in [-0.05, 0) is 128 Å². The van der Waals surface area contributed by atoms with Crippen molar-refractivity contribution < 1.29 is 28.6 Å². The van der Waals surface area contributed by atoms with Crippen molar-refractivity contribution in [1.29, 1.82) is 0 Å². The van der Waals surface area contributed by atoms with Gasteiger partial charge >= 0.3 is 17.9 Å². The Bertz CT molecular complexity index is 1540. The molecule has 0 saturated heterocycles. The Kier molecular flexibility index (Phi) is 51.1. The first kappa shape index (κ1) is 63.3. The molecular formula is C62H96O6. The molecule has 1 unspecified atom stereocenters. The zero-order chi connectivity index (χ0) is 49.3. The summed E-state index contributed by atoms with van der Waals surface area (Å²) in [4.78, 5) is 38.1. The van der Waals surface area contributed by atoms with E-state index in [0.717, 1.165) is 141 Å². The van der Waals surface area contributed by atoms with Gasteiger partial charge in [-0.15, -0.1) is 0 Å². The van der Waals surface area contributed by atoms with E-state index < -0.39 is 6.10 Å². The Morgan fingerprint density at radius 3 is 0.956 bits per heavy atom. The van der Waals surface area contributed by atoms with Crippen molar-refractivity contribution in [2.75, 3.05) is 13.2 Å². The highest BCUT2D eigenvalue weighted by Crippen LogP contribution is 2.11. The van der Waals surface area contributed by atoms with Crippen LogP contribution in [0, 0.1) is 0 Å². The Morgan fingerprint density at radius 2 is 0.588 bits per heavy atom. The summed E-state index contributed by atoms with van der Waals surface area (Å²) in [6.07, 6.45) is 78.3. The maximum absolute atomic E-state index is 12.8. The number of carbonyl (C=O) groups is 3. The van der Waals surface area contributed by atoms with Gasteiger partial charge in [0.25, 0.3) is 0 Å². The van der Waals surface area contributed by atoms with Crippen LogP contribution in [0.25, 0.3) is 0 Å². The lowest BCUT2D eigenvalue weighted by Crippen LogP contribution is -2.30. The minimum Gasteiger partial charge on any atom is -0.462 e. The Morgan fingerprint density at radius 1 is 0.309 bits per heavy atom. The van der Waals surface area contributed by atoms with E-state index in [1.54, 1.807) is 0 Å². The zero-order valence-corrected chi connectivity index (χ0v) is 43.3. The van der Waals surface area contributed by atoms with E-state index in [9.17, 15) is 14.4 Å². The molecule has 1 atom stereocenters. The molecule has 68 heavy (non-hydrogen) atoms. The summed E-state index contributed by atoms with van der Waals surface area (Å²) in [5.41, 5.74) is 0. The third-order valence-corrected chi connectivity index (χ3v) is 10.6. The third kappa shape index (κ3) is 52.3. The number of allylic oxidation sites excluding steroid dienone is 24. The first-order valence-electron chi connectivity index (χ1n) is 26.8. The molecule has 0 aromatic heterocycles. The van der Waals surface area contributed by atoms with Crippen LogP contribution in [-0.4, -0.2) is 37.2 Å². The van der Waals surface area contributed by atoms with Crippen LogP contribution in [0.2, 0.25) is 0 Å². The maximum atomic E-state index is 12.8. The number of hydrogen-bond acceptors (Lipinski definition) is 6. The molecular weight excluding hydrogens is 841 g/mol. The molecule has 0 N–H and O–H groups in total. The van der Waals surface area contributed by atoms with Crippen molar-refractivity contribution in [3.05, 3.63) is 146 Å². The lowest BCUT2D eigenvalue weighted by Gasteiger charge is -2.18. The lowest BCUT2D eigenvalue weighted by atomic mass is 10.1. The largest absolute Gasteiger partial charge is 0.462 e. The van der Waals surface area contributed by atoms with E-state index in [-0.39, 0.29) is 37.5 Å². The van der Waals surface area contributed by atoms with Crippen molar-refractivity contribution in [3.8, 4) is 0 Å². The van der Waals surface area contributed by atoms with Gasteiger partial charge in [-0.25, -0.2) is 0 Å². The fourth-order valence-corrected chi connectivity index (χ4v) is 6.58. The van der Waals surface area contributed by atoms with Gasteiger partial charge in [-0.3, -0.25) is 14.4 Å². The highest BCUT2D eigenvalue weighted by atomic mass is 16.6. The van der Waals surface area contributed by atoms with E-state index >= 15 is 0 Å². The van der Waals surface area contributed by atoms with E-state index in [2.05, 4.69) is 167 Å². The highest BCUT2D eigenvalue weighted by Gasteiger charge is 2.19. The third-order valence-electron chi connectivity index (χ3n) is 10.6. The summed E-state index contributed by atoms with van der Waals surface area (Å²) < 4.78 is 16.7. The minimum absolute atomic E-state index is 0.125. The van der Waals surface area contributed by atoms with E-state index in [1.165, 1.54) is 19.3 Å². The molecule has 0 radical (unpaired) electrons. The predicted octanol–water partition coefficient (Wildman–Crippen LogP) is 18.0. The number of hydrogen-bond donors (Lipinski definition) is 0. The summed E-state index contributed by atoms with van der Waals surface area (Å²) in [7, 11) is 0. The van der Waals surface area contributed by atoms with Gasteiger partial charge < -0.3 is 14.2 Å². The smallest absolute Gasteiger partial charge is 0.306 e.